The minimum absolute atomic E-state index is 0.412. The second kappa shape index (κ2) is 4.98. The summed E-state index contributed by atoms with van der Waals surface area (Å²) in [7, 11) is 0. The smallest absolute Gasteiger partial charge is 0.146 e. The van der Waals surface area contributed by atoms with E-state index in [0.717, 1.165) is 22.5 Å². The highest BCUT2D eigenvalue weighted by Crippen LogP contribution is 2.24. The lowest BCUT2D eigenvalue weighted by atomic mass is 10.1. The molecular weight excluding hydrogens is 260 g/mol. The second-order valence-electron chi connectivity index (χ2n) is 4.44. The van der Waals surface area contributed by atoms with Gasteiger partial charge in [-0.2, -0.15) is 0 Å². The molecule has 19 heavy (non-hydrogen) atoms. The van der Waals surface area contributed by atoms with Crippen molar-refractivity contribution in [2.24, 2.45) is 0 Å². The Morgan fingerprint density at radius 1 is 1.11 bits per heavy atom. The number of aryl methyl sites for hydroxylation is 1. The zero-order chi connectivity index (χ0) is 13.2. The molecular formula is C16H13ClO2. The summed E-state index contributed by atoms with van der Waals surface area (Å²) in [6, 6.07) is 15.4. The molecule has 0 fully saturated rings. The molecule has 3 rings (SSSR count). The Balaban J connectivity index is 1.78. The van der Waals surface area contributed by atoms with Crippen LogP contribution in [0.5, 0.6) is 5.75 Å². The number of hydrogen-bond donors (Lipinski definition) is 0. The molecule has 0 saturated heterocycles. The maximum absolute atomic E-state index is 5.83. The molecule has 0 amide bonds. The van der Waals surface area contributed by atoms with Crippen molar-refractivity contribution in [2.75, 3.05) is 0 Å². The summed E-state index contributed by atoms with van der Waals surface area (Å²) >= 11 is 5.83. The first-order chi connectivity index (χ1) is 9.22. The van der Waals surface area contributed by atoms with Gasteiger partial charge in [0.2, 0.25) is 0 Å². The summed E-state index contributed by atoms with van der Waals surface area (Å²) in [4.78, 5) is 0. The van der Waals surface area contributed by atoms with Gasteiger partial charge in [0, 0.05) is 10.4 Å². The first kappa shape index (κ1) is 12.1. The van der Waals surface area contributed by atoms with Gasteiger partial charge in [-0.25, -0.2) is 0 Å². The van der Waals surface area contributed by atoms with Gasteiger partial charge < -0.3 is 9.15 Å². The Morgan fingerprint density at radius 3 is 2.63 bits per heavy atom. The normalized spacial score (nSPS) is 10.8. The number of rotatable bonds is 3. The molecule has 0 unspecified atom stereocenters. The summed E-state index contributed by atoms with van der Waals surface area (Å²) < 4.78 is 11.4. The van der Waals surface area contributed by atoms with E-state index in [0.29, 0.717) is 11.6 Å². The fraction of sp³-hybridized carbons (Fsp3) is 0.125. The number of fused-ring (bicyclic) bond motifs is 1. The van der Waals surface area contributed by atoms with Crippen molar-refractivity contribution in [3.8, 4) is 5.75 Å². The van der Waals surface area contributed by atoms with Gasteiger partial charge in [0.05, 0.1) is 0 Å². The summed E-state index contributed by atoms with van der Waals surface area (Å²) in [5.41, 5.74) is 2.11. The third-order valence-electron chi connectivity index (χ3n) is 3.03. The molecule has 3 aromatic rings. The van der Waals surface area contributed by atoms with Crippen LogP contribution in [0.15, 0.2) is 52.9 Å². The minimum Gasteiger partial charge on any atom is -0.486 e. The lowest BCUT2D eigenvalue weighted by Gasteiger charge is -2.03. The molecule has 96 valence electrons. The number of ether oxygens (including phenoxy) is 1. The average molecular weight is 273 g/mol. The lowest BCUT2D eigenvalue weighted by molar-refractivity contribution is 0.274. The highest BCUT2D eigenvalue weighted by atomic mass is 35.5. The Bertz CT molecular complexity index is 698. The van der Waals surface area contributed by atoms with Crippen LogP contribution in [0.2, 0.25) is 5.02 Å². The zero-order valence-electron chi connectivity index (χ0n) is 10.5. The zero-order valence-corrected chi connectivity index (χ0v) is 11.3. The van der Waals surface area contributed by atoms with Crippen molar-refractivity contribution < 1.29 is 9.15 Å². The average Bonchev–Trinajstić information content (AvgIpc) is 2.83. The molecule has 0 aliphatic heterocycles. The van der Waals surface area contributed by atoms with Gasteiger partial charge >= 0.3 is 0 Å². The van der Waals surface area contributed by atoms with Crippen LogP contribution in [0.1, 0.15) is 11.3 Å². The summed E-state index contributed by atoms with van der Waals surface area (Å²) in [5, 5.41) is 1.84. The van der Waals surface area contributed by atoms with Crippen LogP contribution in [0, 0.1) is 6.92 Å². The van der Waals surface area contributed by atoms with Crippen LogP contribution in [0.4, 0.5) is 0 Å². The molecule has 0 saturated carbocycles. The molecule has 0 bridgehead atoms. The lowest BCUT2D eigenvalue weighted by Crippen LogP contribution is -1.92. The molecule has 1 heterocycles. The molecule has 0 aliphatic rings. The van der Waals surface area contributed by atoms with E-state index in [1.807, 2.05) is 30.3 Å². The SMILES string of the molecule is Cc1cccc2oc(COc3ccc(Cl)cc3)cc12. The minimum atomic E-state index is 0.412. The molecule has 0 atom stereocenters. The van der Waals surface area contributed by atoms with Gasteiger partial charge in [0.1, 0.15) is 23.7 Å². The molecule has 0 radical (unpaired) electrons. The van der Waals surface area contributed by atoms with Gasteiger partial charge in [-0.05, 0) is 48.9 Å². The molecule has 2 nitrogen and oxygen atoms in total. The van der Waals surface area contributed by atoms with Crippen molar-refractivity contribution in [3.63, 3.8) is 0 Å². The second-order valence-corrected chi connectivity index (χ2v) is 4.88. The van der Waals surface area contributed by atoms with Gasteiger partial charge in [0.25, 0.3) is 0 Å². The van der Waals surface area contributed by atoms with E-state index in [1.54, 1.807) is 12.1 Å². The van der Waals surface area contributed by atoms with E-state index in [1.165, 1.54) is 5.56 Å². The van der Waals surface area contributed by atoms with Gasteiger partial charge in [-0.3, -0.25) is 0 Å². The van der Waals surface area contributed by atoms with Crippen molar-refractivity contribution >= 4 is 22.6 Å². The van der Waals surface area contributed by atoms with Crippen LogP contribution in [-0.2, 0) is 6.61 Å². The number of halogens is 1. The van der Waals surface area contributed by atoms with E-state index >= 15 is 0 Å². The molecule has 0 spiro atoms. The third kappa shape index (κ3) is 2.59. The number of hydrogen-bond acceptors (Lipinski definition) is 2. The third-order valence-corrected chi connectivity index (χ3v) is 3.28. The summed E-state index contributed by atoms with van der Waals surface area (Å²) in [5.74, 6) is 1.60. The molecule has 0 N–H and O–H groups in total. The van der Waals surface area contributed by atoms with Crippen molar-refractivity contribution in [2.45, 2.75) is 13.5 Å². The van der Waals surface area contributed by atoms with E-state index in [4.69, 9.17) is 20.8 Å². The Morgan fingerprint density at radius 2 is 1.89 bits per heavy atom. The maximum Gasteiger partial charge on any atom is 0.146 e. The standard InChI is InChI=1S/C16H13ClO2/c1-11-3-2-4-16-15(11)9-14(19-16)10-18-13-7-5-12(17)6-8-13/h2-9H,10H2,1H3. The first-order valence-electron chi connectivity index (χ1n) is 6.09. The number of benzene rings is 2. The Kier molecular flexibility index (Phi) is 3.18. The maximum atomic E-state index is 5.83. The van der Waals surface area contributed by atoms with Gasteiger partial charge in [-0.1, -0.05) is 23.7 Å². The fourth-order valence-corrected chi connectivity index (χ4v) is 2.14. The summed E-state index contributed by atoms with van der Waals surface area (Å²) in [6.07, 6.45) is 0. The Labute approximate surface area is 116 Å². The predicted octanol–water partition coefficient (Wildman–Crippen LogP) is 4.97. The van der Waals surface area contributed by atoms with Crippen LogP contribution >= 0.6 is 11.6 Å². The van der Waals surface area contributed by atoms with Gasteiger partial charge in [-0.15, -0.1) is 0 Å². The summed E-state index contributed by atoms with van der Waals surface area (Å²) in [6.45, 7) is 2.48. The topological polar surface area (TPSA) is 22.4 Å². The van der Waals surface area contributed by atoms with E-state index in [-0.39, 0.29) is 0 Å². The van der Waals surface area contributed by atoms with Gasteiger partial charge in [0.15, 0.2) is 0 Å². The highest BCUT2D eigenvalue weighted by molar-refractivity contribution is 6.30. The molecule has 3 heteroatoms. The van der Waals surface area contributed by atoms with Crippen molar-refractivity contribution in [1.29, 1.82) is 0 Å². The molecule has 2 aromatic carbocycles. The predicted molar refractivity (Wildman–Crippen MR) is 76.7 cm³/mol. The van der Waals surface area contributed by atoms with E-state index in [2.05, 4.69) is 13.0 Å². The van der Waals surface area contributed by atoms with Crippen LogP contribution in [0.25, 0.3) is 11.0 Å². The first-order valence-corrected chi connectivity index (χ1v) is 6.46. The van der Waals surface area contributed by atoms with Crippen molar-refractivity contribution in [1.82, 2.24) is 0 Å². The molecule has 0 aliphatic carbocycles. The quantitative estimate of drug-likeness (QED) is 0.671. The van der Waals surface area contributed by atoms with Crippen LogP contribution in [-0.4, -0.2) is 0 Å². The fourth-order valence-electron chi connectivity index (χ4n) is 2.02. The van der Waals surface area contributed by atoms with Crippen LogP contribution < -0.4 is 4.74 Å². The van der Waals surface area contributed by atoms with Crippen LogP contribution in [0.3, 0.4) is 0 Å². The largest absolute Gasteiger partial charge is 0.486 e. The van der Waals surface area contributed by atoms with Crippen molar-refractivity contribution in [3.05, 3.63) is 64.9 Å². The number of furan rings is 1. The monoisotopic (exact) mass is 272 g/mol. The Hall–Kier alpha value is -1.93. The van der Waals surface area contributed by atoms with E-state index < -0.39 is 0 Å². The van der Waals surface area contributed by atoms with E-state index in [9.17, 15) is 0 Å². The molecule has 1 aromatic heterocycles. The highest BCUT2D eigenvalue weighted by Gasteiger charge is 2.06.